The van der Waals surface area contributed by atoms with E-state index in [4.69, 9.17) is 0 Å². The van der Waals surface area contributed by atoms with Crippen LogP contribution < -0.4 is 5.32 Å². The van der Waals surface area contributed by atoms with Gasteiger partial charge in [0.1, 0.15) is 0 Å². The van der Waals surface area contributed by atoms with Gasteiger partial charge in [-0.1, -0.05) is 18.2 Å². The zero-order chi connectivity index (χ0) is 20.3. The third-order valence-electron chi connectivity index (χ3n) is 5.17. The number of fused-ring (bicyclic) bond motifs is 1. The van der Waals surface area contributed by atoms with Crippen LogP contribution in [-0.2, 0) is 16.0 Å². The molecular weight excluding hydrogens is 374 g/mol. The quantitative estimate of drug-likeness (QED) is 0.837. The molecule has 2 heterocycles. The third-order valence-corrected chi connectivity index (χ3v) is 6.38. The maximum atomic E-state index is 12.8. The first kappa shape index (κ1) is 20.3. The lowest BCUT2D eigenvalue weighted by atomic mass is 9.93. The molecule has 3 rings (SSSR count). The van der Waals surface area contributed by atoms with E-state index in [1.54, 1.807) is 19.0 Å². The molecule has 1 aliphatic rings. The van der Waals surface area contributed by atoms with Gasteiger partial charge >= 0.3 is 0 Å². The summed E-state index contributed by atoms with van der Waals surface area (Å²) in [4.78, 5) is 40.9. The molecule has 0 spiro atoms. The number of carbonyl (C=O) groups excluding carboxylic acids is 3. The fourth-order valence-electron chi connectivity index (χ4n) is 3.76. The molecule has 1 fully saturated rings. The van der Waals surface area contributed by atoms with E-state index in [1.807, 2.05) is 23.1 Å². The van der Waals surface area contributed by atoms with Gasteiger partial charge in [0.25, 0.3) is 5.91 Å². The highest BCUT2D eigenvalue weighted by molar-refractivity contribution is 7.21. The minimum atomic E-state index is -0.204. The summed E-state index contributed by atoms with van der Waals surface area (Å²) >= 11 is 1.52. The second-order valence-electron chi connectivity index (χ2n) is 7.46. The highest BCUT2D eigenvalue weighted by Crippen LogP contribution is 2.34. The number of nitrogens with one attached hydrogen (secondary N) is 1. The van der Waals surface area contributed by atoms with Crippen LogP contribution in [0.1, 0.15) is 41.4 Å². The van der Waals surface area contributed by atoms with Gasteiger partial charge in [-0.25, -0.2) is 0 Å². The van der Waals surface area contributed by atoms with E-state index in [0.29, 0.717) is 13.0 Å². The summed E-state index contributed by atoms with van der Waals surface area (Å²) in [5.74, 6) is -0.257. The SMILES string of the molecule is CC(=O)NCC(=O)N1CCCC[C@H]1Cc1c(C(=O)N(C)C)sc2ccccc12. The average Bonchev–Trinajstić information content (AvgIpc) is 3.04. The highest BCUT2D eigenvalue weighted by atomic mass is 32.1. The van der Waals surface area contributed by atoms with Gasteiger partial charge in [0.2, 0.25) is 11.8 Å². The van der Waals surface area contributed by atoms with E-state index < -0.39 is 0 Å². The number of hydrogen-bond donors (Lipinski definition) is 1. The summed E-state index contributed by atoms with van der Waals surface area (Å²) in [5, 5.41) is 3.70. The van der Waals surface area contributed by atoms with Crippen molar-refractivity contribution in [1.29, 1.82) is 0 Å². The lowest BCUT2D eigenvalue weighted by Gasteiger charge is -2.36. The molecule has 0 radical (unpaired) electrons. The van der Waals surface area contributed by atoms with E-state index in [9.17, 15) is 14.4 Å². The molecule has 6 nitrogen and oxygen atoms in total. The molecule has 1 aromatic heterocycles. The van der Waals surface area contributed by atoms with Crippen molar-refractivity contribution < 1.29 is 14.4 Å². The Labute approximate surface area is 169 Å². The van der Waals surface area contributed by atoms with Crippen LogP contribution in [0, 0.1) is 0 Å². The second kappa shape index (κ2) is 8.73. The van der Waals surface area contributed by atoms with Crippen molar-refractivity contribution in [2.24, 2.45) is 0 Å². The van der Waals surface area contributed by atoms with Crippen LogP contribution >= 0.6 is 11.3 Å². The summed E-state index contributed by atoms with van der Waals surface area (Å²) < 4.78 is 1.09. The van der Waals surface area contributed by atoms with Crippen molar-refractivity contribution in [3.05, 3.63) is 34.7 Å². The zero-order valence-electron chi connectivity index (χ0n) is 16.7. The molecule has 3 amide bonds. The Hall–Kier alpha value is -2.41. The van der Waals surface area contributed by atoms with E-state index in [2.05, 4.69) is 11.4 Å². The van der Waals surface area contributed by atoms with Crippen molar-refractivity contribution in [2.75, 3.05) is 27.2 Å². The molecule has 1 saturated heterocycles. The van der Waals surface area contributed by atoms with Gasteiger partial charge in [0.05, 0.1) is 11.4 Å². The highest BCUT2D eigenvalue weighted by Gasteiger charge is 2.30. The van der Waals surface area contributed by atoms with E-state index in [0.717, 1.165) is 39.8 Å². The van der Waals surface area contributed by atoms with Gasteiger partial charge in [-0.15, -0.1) is 11.3 Å². The predicted octanol–water partition coefficient (Wildman–Crippen LogP) is 2.66. The van der Waals surface area contributed by atoms with Crippen LogP contribution in [0.4, 0.5) is 0 Å². The summed E-state index contributed by atoms with van der Waals surface area (Å²) in [7, 11) is 3.53. The average molecular weight is 402 g/mol. The number of hydrogen-bond acceptors (Lipinski definition) is 4. The molecule has 1 atom stereocenters. The molecule has 28 heavy (non-hydrogen) atoms. The lowest BCUT2D eigenvalue weighted by Crippen LogP contribution is -2.48. The Balaban J connectivity index is 1.91. The lowest BCUT2D eigenvalue weighted by molar-refractivity contribution is -0.135. The number of piperidine rings is 1. The fraction of sp³-hybridized carbons (Fsp3) is 0.476. The zero-order valence-corrected chi connectivity index (χ0v) is 17.5. The second-order valence-corrected chi connectivity index (χ2v) is 8.51. The smallest absolute Gasteiger partial charge is 0.263 e. The molecule has 150 valence electrons. The number of benzene rings is 1. The Bertz CT molecular complexity index is 890. The number of rotatable bonds is 5. The first-order valence-corrected chi connectivity index (χ1v) is 10.5. The number of carbonyl (C=O) groups is 3. The minimum absolute atomic E-state index is 0.00290. The van der Waals surface area contributed by atoms with Crippen molar-refractivity contribution in [1.82, 2.24) is 15.1 Å². The Morgan fingerprint density at radius 1 is 1.21 bits per heavy atom. The summed E-state index contributed by atoms with van der Waals surface area (Å²) in [6, 6.07) is 8.11. The summed E-state index contributed by atoms with van der Waals surface area (Å²) in [5.41, 5.74) is 1.03. The molecular formula is C21H27N3O3S. The van der Waals surface area contributed by atoms with Crippen molar-refractivity contribution >= 4 is 39.1 Å². The first-order chi connectivity index (χ1) is 13.4. The van der Waals surface area contributed by atoms with Crippen LogP contribution in [-0.4, -0.2) is 60.7 Å². The van der Waals surface area contributed by atoms with Gasteiger partial charge in [0, 0.05) is 38.3 Å². The van der Waals surface area contributed by atoms with E-state index in [-0.39, 0.29) is 30.3 Å². The molecule has 7 heteroatoms. The number of nitrogens with zero attached hydrogens (tertiary/aromatic N) is 2. The Morgan fingerprint density at radius 2 is 1.96 bits per heavy atom. The topological polar surface area (TPSA) is 69.7 Å². The molecule has 0 aliphatic carbocycles. The molecule has 1 aliphatic heterocycles. The number of thiophene rings is 1. The molecule has 0 saturated carbocycles. The van der Waals surface area contributed by atoms with Gasteiger partial charge in [-0.2, -0.15) is 0 Å². The van der Waals surface area contributed by atoms with Crippen molar-refractivity contribution in [3.63, 3.8) is 0 Å². The van der Waals surface area contributed by atoms with Crippen LogP contribution in [0.25, 0.3) is 10.1 Å². The van der Waals surface area contributed by atoms with Crippen LogP contribution in [0.15, 0.2) is 24.3 Å². The normalized spacial score (nSPS) is 16.8. The van der Waals surface area contributed by atoms with Crippen LogP contribution in [0.5, 0.6) is 0 Å². The third kappa shape index (κ3) is 4.35. The molecule has 0 bridgehead atoms. The Morgan fingerprint density at radius 3 is 2.68 bits per heavy atom. The fourth-order valence-corrected chi connectivity index (χ4v) is 5.01. The predicted molar refractivity (Wildman–Crippen MR) is 112 cm³/mol. The molecule has 1 N–H and O–H groups in total. The standard InChI is InChI=1S/C21H27N3O3S/c1-14(25)22-13-19(26)24-11-7-6-8-15(24)12-17-16-9-4-5-10-18(16)28-20(17)21(27)23(2)3/h4-5,9-10,15H,6-8,11-13H2,1-3H3,(H,22,25)/t15-/m0/s1. The van der Waals surface area contributed by atoms with Crippen LogP contribution in [0.3, 0.4) is 0 Å². The molecule has 0 unspecified atom stereocenters. The van der Waals surface area contributed by atoms with Gasteiger partial charge in [-0.3, -0.25) is 14.4 Å². The van der Waals surface area contributed by atoms with Gasteiger partial charge in [-0.05, 0) is 42.7 Å². The van der Waals surface area contributed by atoms with E-state index in [1.165, 1.54) is 18.3 Å². The molecule has 1 aromatic carbocycles. The molecule has 2 aromatic rings. The maximum Gasteiger partial charge on any atom is 0.263 e. The van der Waals surface area contributed by atoms with Crippen molar-refractivity contribution in [2.45, 2.75) is 38.6 Å². The minimum Gasteiger partial charge on any atom is -0.347 e. The maximum absolute atomic E-state index is 12.8. The number of likely N-dealkylation sites (tertiary alicyclic amines) is 1. The van der Waals surface area contributed by atoms with Gasteiger partial charge in [0.15, 0.2) is 0 Å². The Kier molecular flexibility index (Phi) is 6.34. The van der Waals surface area contributed by atoms with Crippen molar-refractivity contribution in [3.8, 4) is 0 Å². The monoisotopic (exact) mass is 401 g/mol. The summed E-state index contributed by atoms with van der Waals surface area (Å²) in [6.07, 6.45) is 3.60. The van der Waals surface area contributed by atoms with Crippen LogP contribution in [0.2, 0.25) is 0 Å². The summed E-state index contributed by atoms with van der Waals surface area (Å²) in [6.45, 7) is 2.14. The van der Waals surface area contributed by atoms with Gasteiger partial charge < -0.3 is 15.1 Å². The first-order valence-electron chi connectivity index (χ1n) is 9.64. The number of amides is 3. The van der Waals surface area contributed by atoms with E-state index >= 15 is 0 Å². The largest absolute Gasteiger partial charge is 0.347 e.